The first-order valence-electron chi connectivity index (χ1n) is 6.41. The number of nitrogens with two attached hydrogens (primary N) is 1. The van der Waals surface area contributed by atoms with Gasteiger partial charge in [-0.3, -0.25) is 4.90 Å². The van der Waals surface area contributed by atoms with Gasteiger partial charge in [-0.1, -0.05) is 28.1 Å². The van der Waals surface area contributed by atoms with Crippen LogP contribution in [0, 0.1) is 6.92 Å². The van der Waals surface area contributed by atoms with Gasteiger partial charge in [-0.05, 0) is 31.0 Å². The van der Waals surface area contributed by atoms with Crippen LogP contribution in [0.5, 0.6) is 0 Å². The van der Waals surface area contributed by atoms with E-state index in [9.17, 15) is 0 Å². The van der Waals surface area contributed by atoms with E-state index in [2.05, 4.69) is 46.0 Å². The Labute approximate surface area is 117 Å². The Morgan fingerprint density at radius 3 is 3.00 bits per heavy atom. The zero-order valence-corrected chi connectivity index (χ0v) is 12.6. The minimum atomic E-state index is 0.0919. The number of hydrogen-bond acceptors (Lipinski definition) is 3. The molecule has 0 aliphatic carbocycles. The average Bonchev–Trinajstić information content (AvgIpc) is 2.33. The average molecular weight is 313 g/mol. The molecule has 0 saturated carbocycles. The highest BCUT2D eigenvalue weighted by atomic mass is 79.9. The van der Waals surface area contributed by atoms with Crippen molar-refractivity contribution in [3.63, 3.8) is 0 Å². The summed E-state index contributed by atoms with van der Waals surface area (Å²) in [6.45, 7) is 7.73. The largest absolute Gasteiger partial charge is 0.374 e. The van der Waals surface area contributed by atoms with Crippen molar-refractivity contribution in [2.75, 3.05) is 19.7 Å². The highest BCUT2D eigenvalue weighted by Gasteiger charge is 2.23. The second kappa shape index (κ2) is 6.15. The van der Waals surface area contributed by atoms with E-state index < -0.39 is 0 Å². The van der Waals surface area contributed by atoms with Crippen LogP contribution in [0.15, 0.2) is 22.7 Å². The van der Waals surface area contributed by atoms with Crippen molar-refractivity contribution in [2.45, 2.75) is 32.5 Å². The van der Waals surface area contributed by atoms with E-state index in [1.54, 1.807) is 0 Å². The third kappa shape index (κ3) is 3.54. The molecule has 1 aliphatic rings. The Morgan fingerprint density at radius 1 is 1.56 bits per heavy atom. The van der Waals surface area contributed by atoms with Gasteiger partial charge in [0.2, 0.25) is 0 Å². The van der Waals surface area contributed by atoms with E-state index in [4.69, 9.17) is 10.5 Å². The maximum atomic E-state index is 5.91. The van der Waals surface area contributed by atoms with Crippen LogP contribution in [0.1, 0.15) is 18.1 Å². The summed E-state index contributed by atoms with van der Waals surface area (Å²) in [6.07, 6.45) is 0.156. The minimum absolute atomic E-state index is 0.0919. The molecule has 1 saturated heterocycles. The van der Waals surface area contributed by atoms with Crippen LogP contribution in [0.25, 0.3) is 0 Å². The lowest BCUT2D eigenvalue weighted by Gasteiger charge is -2.34. The summed E-state index contributed by atoms with van der Waals surface area (Å²) < 4.78 is 6.86. The van der Waals surface area contributed by atoms with Gasteiger partial charge in [-0.25, -0.2) is 0 Å². The topological polar surface area (TPSA) is 38.5 Å². The van der Waals surface area contributed by atoms with Crippen LogP contribution in [-0.2, 0) is 11.3 Å². The molecule has 2 unspecified atom stereocenters. The van der Waals surface area contributed by atoms with Crippen molar-refractivity contribution < 1.29 is 4.74 Å². The molecule has 1 aliphatic heterocycles. The van der Waals surface area contributed by atoms with E-state index >= 15 is 0 Å². The van der Waals surface area contributed by atoms with Crippen molar-refractivity contribution in [1.29, 1.82) is 0 Å². The predicted molar refractivity (Wildman–Crippen MR) is 77.5 cm³/mol. The molecule has 2 N–H and O–H groups in total. The van der Waals surface area contributed by atoms with Crippen molar-refractivity contribution in [3.05, 3.63) is 33.8 Å². The van der Waals surface area contributed by atoms with E-state index in [0.717, 1.165) is 26.2 Å². The highest BCUT2D eigenvalue weighted by Crippen LogP contribution is 2.21. The van der Waals surface area contributed by atoms with Gasteiger partial charge in [0.05, 0.1) is 12.7 Å². The lowest BCUT2D eigenvalue weighted by molar-refractivity contribution is -0.0404. The highest BCUT2D eigenvalue weighted by molar-refractivity contribution is 9.10. The molecule has 1 fully saturated rings. The SMILES string of the molecule is Cc1ccc(CN2CCOC(C(C)N)C2)c(Br)c1. The molecule has 0 radical (unpaired) electrons. The molecule has 0 amide bonds. The van der Waals surface area contributed by atoms with Crippen molar-refractivity contribution in [2.24, 2.45) is 5.73 Å². The van der Waals surface area contributed by atoms with Crippen molar-refractivity contribution >= 4 is 15.9 Å². The van der Waals surface area contributed by atoms with Crippen LogP contribution in [0.2, 0.25) is 0 Å². The Balaban J connectivity index is 2.00. The van der Waals surface area contributed by atoms with E-state index in [1.807, 2.05) is 6.92 Å². The Kier molecular flexibility index (Phi) is 4.78. The number of morpholine rings is 1. The fraction of sp³-hybridized carbons (Fsp3) is 0.571. The van der Waals surface area contributed by atoms with E-state index in [1.165, 1.54) is 15.6 Å². The van der Waals surface area contributed by atoms with Crippen LogP contribution >= 0.6 is 15.9 Å². The molecular formula is C14H21BrN2O. The third-order valence-electron chi connectivity index (χ3n) is 3.37. The molecule has 1 heterocycles. The van der Waals surface area contributed by atoms with Gasteiger partial charge in [0.25, 0.3) is 0 Å². The molecule has 2 atom stereocenters. The lowest BCUT2D eigenvalue weighted by Crippen LogP contribution is -2.49. The summed E-state index contributed by atoms with van der Waals surface area (Å²) >= 11 is 3.64. The second-order valence-corrected chi connectivity index (χ2v) is 5.95. The predicted octanol–water partition coefficient (Wildman–Crippen LogP) is 2.31. The maximum absolute atomic E-state index is 5.91. The summed E-state index contributed by atoms with van der Waals surface area (Å²) in [7, 11) is 0. The summed E-state index contributed by atoms with van der Waals surface area (Å²) in [4.78, 5) is 2.41. The van der Waals surface area contributed by atoms with Gasteiger partial charge in [-0.2, -0.15) is 0 Å². The number of ether oxygens (including phenoxy) is 1. The minimum Gasteiger partial charge on any atom is -0.374 e. The van der Waals surface area contributed by atoms with Gasteiger partial charge in [0, 0.05) is 30.1 Å². The van der Waals surface area contributed by atoms with Crippen LogP contribution in [0.3, 0.4) is 0 Å². The van der Waals surface area contributed by atoms with E-state index in [-0.39, 0.29) is 12.1 Å². The summed E-state index contributed by atoms with van der Waals surface area (Å²) in [5.74, 6) is 0. The Bertz CT molecular complexity index is 409. The van der Waals surface area contributed by atoms with Crippen molar-refractivity contribution in [1.82, 2.24) is 4.90 Å². The molecule has 3 nitrogen and oxygen atoms in total. The Hall–Kier alpha value is -0.420. The van der Waals surface area contributed by atoms with Gasteiger partial charge >= 0.3 is 0 Å². The molecule has 100 valence electrons. The first kappa shape index (κ1) is 14.0. The maximum Gasteiger partial charge on any atom is 0.0850 e. The van der Waals surface area contributed by atoms with Crippen LogP contribution < -0.4 is 5.73 Å². The van der Waals surface area contributed by atoms with Crippen molar-refractivity contribution in [3.8, 4) is 0 Å². The summed E-state index contributed by atoms with van der Waals surface area (Å²) in [5, 5.41) is 0. The standard InChI is InChI=1S/C14H21BrN2O/c1-10-3-4-12(13(15)7-10)8-17-5-6-18-14(9-17)11(2)16/h3-4,7,11,14H,5-6,8-9,16H2,1-2H3. The summed E-state index contributed by atoms with van der Waals surface area (Å²) in [6, 6.07) is 6.60. The zero-order chi connectivity index (χ0) is 13.1. The van der Waals surface area contributed by atoms with Crippen LogP contribution in [0.4, 0.5) is 0 Å². The molecule has 0 aromatic heterocycles. The van der Waals surface area contributed by atoms with Gasteiger partial charge < -0.3 is 10.5 Å². The van der Waals surface area contributed by atoms with Gasteiger partial charge in [0.15, 0.2) is 0 Å². The fourth-order valence-corrected chi connectivity index (χ4v) is 2.83. The number of rotatable bonds is 3. The normalized spacial score (nSPS) is 23.0. The molecule has 0 bridgehead atoms. The molecule has 18 heavy (non-hydrogen) atoms. The summed E-state index contributed by atoms with van der Waals surface area (Å²) in [5.41, 5.74) is 8.52. The fourth-order valence-electron chi connectivity index (χ4n) is 2.21. The second-order valence-electron chi connectivity index (χ2n) is 5.10. The first-order valence-corrected chi connectivity index (χ1v) is 7.20. The Morgan fingerprint density at radius 2 is 2.33 bits per heavy atom. The number of halogens is 1. The van der Waals surface area contributed by atoms with Gasteiger partial charge in [-0.15, -0.1) is 0 Å². The number of benzene rings is 1. The number of aryl methyl sites for hydroxylation is 1. The van der Waals surface area contributed by atoms with E-state index in [0.29, 0.717) is 0 Å². The molecule has 1 aromatic rings. The monoisotopic (exact) mass is 312 g/mol. The molecular weight excluding hydrogens is 292 g/mol. The van der Waals surface area contributed by atoms with Crippen LogP contribution in [-0.4, -0.2) is 36.7 Å². The number of hydrogen-bond donors (Lipinski definition) is 1. The third-order valence-corrected chi connectivity index (χ3v) is 4.10. The zero-order valence-electron chi connectivity index (χ0n) is 11.0. The quantitative estimate of drug-likeness (QED) is 0.931. The smallest absolute Gasteiger partial charge is 0.0850 e. The molecule has 4 heteroatoms. The lowest BCUT2D eigenvalue weighted by atomic mass is 10.1. The first-order chi connectivity index (χ1) is 8.56. The van der Waals surface area contributed by atoms with Gasteiger partial charge in [0.1, 0.15) is 0 Å². The number of nitrogens with zero attached hydrogens (tertiary/aromatic N) is 1. The molecule has 0 spiro atoms. The molecule has 1 aromatic carbocycles. The molecule has 2 rings (SSSR count).